The van der Waals surface area contributed by atoms with Crippen LogP contribution >= 0.6 is 0 Å². The van der Waals surface area contributed by atoms with Crippen molar-refractivity contribution in [3.8, 4) is 0 Å². The van der Waals surface area contributed by atoms with Gasteiger partial charge in [-0.1, -0.05) is 35.5 Å². The van der Waals surface area contributed by atoms with Crippen LogP contribution in [0.4, 0.5) is 4.79 Å². The summed E-state index contributed by atoms with van der Waals surface area (Å²) >= 11 is 0. The zero-order chi connectivity index (χ0) is 18.0. The summed E-state index contributed by atoms with van der Waals surface area (Å²) < 4.78 is 15.5. The molecule has 0 radical (unpaired) electrons. The fourth-order valence-electron chi connectivity index (χ4n) is 2.90. The lowest BCUT2D eigenvalue weighted by Gasteiger charge is -2.29. The standard InChI is InChI=1S/C18H19N3O4/c1-10-14(17-20-12(3)21-25-17)15(13-8-6-5-7-9-13)16(11(2)19-10)24-18(22)23-4/h5-9,15,19H,1-4H3. The van der Waals surface area contributed by atoms with E-state index in [2.05, 4.69) is 20.2 Å². The van der Waals surface area contributed by atoms with Crippen LogP contribution in [-0.2, 0) is 9.47 Å². The summed E-state index contributed by atoms with van der Waals surface area (Å²) in [5.41, 5.74) is 3.27. The van der Waals surface area contributed by atoms with Crippen LogP contribution in [0.3, 0.4) is 0 Å². The first kappa shape index (κ1) is 16.8. The minimum absolute atomic E-state index is 0.374. The molecule has 1 atom stereocenters. The number of aromatic nitrogens is 2. The van der Waals surface area contributed by atoms with E-state index in [9.17, 15) is 4.79 Å². The predicted octanol–water partition coefficient (Wildman–Crippen LogP) is 3.51. The summed E-state index contributed by atoms with van der Waals surface area (Å²) in [6.07, 6.45) is -0.780. The zero-order valence-electron chi connectivity index (χ0n) is 14.5. The SMILES string of the molecule is COC(=O)OC1=C(C)NC(C)=C(c2nc(C)no2)C1c1ccccc1. The van der Waals surface area contributed by atoms with Gasteiger partial charge in [-0.25, -0.2) is 4.79 Å². The Hall–Kier alpha value is -3.09. The number of rotatable bonds is 3. The third-order valence-electron chi connectivity index (χ3n) is 3.95. The van der Waals surface area contributed by atoms with Crippen molar-refractivity contribution in [1.82, 2.24) is 15.5 Å². The third kappa shape index (κ3) is 3.26. The van der Waals surface area contributed by atoms with Gasteiger partial charge in [-0.3, -0.25) is 0 Å². The van der Waals surface area contributed by atoms with Gasteiger partial charge in [0.2, 0.25) is 0 Å². The van der Waals surface area contributed by atoms with Gasteiger partial charge >= 0.3 is 6.16 Å². The van der Waals surface area contributed by atoms with Crippen molar-refractivity contribution in [2.75, 3.05) is 7.11 Å². The Balaban J connectivity index is 2.15. The summed E-state index contributed by atoms with van der Waals surface area (Å²) in [5.74, 6) is 0.981. The maximum Gasteiger partial charge on any atom is 0.513 e. The lowest BCUT2D eigenvalue weighted by molar-refractivity contribution is 0.0928. The van der Waals surface area contributed by atoms with Crippen molar-refractivity contribution in [1.29, 1.82) is 0 Å². The van der Waals surface area contributed by atoms with Crippen molar-refractivity contribution < 1.29 is 18.8 Å². The van der Waals surface area contributed by atoms with Crippen molar-refractivity contribution in [2.24, 2.45) is 0 Å². The number of carbonyl (C=O) groups is 1. The molecular weight excluding hydrogens is 322 g/mol. The Morgan fingerprint density at radius 3 is 2.48 bits per heavy atom. The molecule has 1 aliphatic rings. The van der Waals surface area contributed by atoms with Crippen molar-refractivity contribution in [2.45, 2.75) is 26.7 Å². The highest BCUT2D eigenvalue weighted by Crippen LogP contribution is 2.43. The lowest BCUT2D eigenvalue weighted by atomic mass is 9.85. The lowest BCUT2D eigenvalue weighted by Crippen LogP contribution is -2.26. The van der Waals surface area contributed by atoms with Crippen LogP contribution < -0.4 is 5.32 Å². The molecule has 2 aromatic rings. The van der Waals surface area contributed by atoms with Crippen molar-refractivity contribution >= 4 is 11.7 Å². The van der Waals surface area contributed by atoms with E-state index in [0.29, 0.717) is 17.5 Å². The van der Waals surface area contributed by atoms with E-state index in [-0.39, 0.29) is 5.92 Å². The average Bonchev–Trinajstić information content (AvgIpc) is 3.03. The van der Waals surface area contributed by atoms with Crippen LogP contribution in [0.25, 0.3) is 5.57 Å². The van der Waals surface area contributed by atoms with Crippen LogP contribution in [0, 0.1) is 6.92 Å². The number of carbonyl (C=O) groups excluding carboxylic acids is 1. The van der Waals surface area contributed by atoms with Crippen molar-refractivity contribution in [3.05, 3.63) is 64.8 Å². The first-order chi connectivity index (χ1) is 12.0. The molecule has 0 aliphatic carbocycles. The molecule has 2 heterocycles. The predicted molar refractivity (Wildman–Crippen MR) is 90.1 cm³/mol. The highest BCUT2D eigenvalue weighted by molar-refractivity contribution is 5.75. The molecular formula is C18H19N3O4. The second-order valence-corrected chi connectivity index (χ2v) is 5.70. The smallest absolute Gasteiger partial charge is 0.437 e. The zero-order valence-corrected chi connectivity index (χ0v) is 14.5. The number of nitrogens with one attached hydrogen (secondary N) is 1. The third-order valence-corrected chi connectivity index (χ3v) is 3.95. The Morgan fingerprint density at radius 2 is 1.88 bits per heavy atom. The van der Waals surface area contributed by atoms with Crippen LogP contribution in [0.1, 0.15) is 37.0 Å². The molecule has 1 aromatic carbocycles. The Kier molecular flexibility index (Phi) is 4.56. The molecule has 3 rings (SSSR count). The fraction of sp³-hybridized carbons (Fsp3) is 0.278. The van der Waals surface area contributed by atoms with E-state index in [1.807, 2.05) is 44.2 Å². The normalized spacial score (nSPS) is 17.4. The number of ether oxygens (including phenoxy) is 2. The van der Waals surface area contributed by atoms with Crippen LogP contribution in [0.15, 0.2) is 52.0 Å². The molecule has 1 aliphatic heterocycles. The number of allylic oxidation sites excluding steroid dienone is 3. The Morgan fingerprint density at radius 1 is 1.16 bits per heavy atom. The van der Waals surface area contributed by atoms with E-state index >= 15 is 0 Å². The molecule has 130 valence electrons. The first-order valence-electron chi connectivity index (χ1n) is 7.81. The van der Waals surface area contributed by atoms with Gasteiger partial charge in [0, 0.05) is 5.70 Å². The molecule has 25 heavy (non-hydrogen) atoms. The summed E-state index contributed by atoms with van der Waals surface area (Å²) in [7, 11) is 1.27. The van der Waals surface area contributed by atoms with E-state index in [1.165, 1.54) is 7.11 Å². The number of hydrogen-bond acceptors (Lipinski definition) is 7. The monoisotopic (exact) mass is 341 g/mol. The second-order valence-electron chi connectivity index (χ2n) is 5.70. The number of hydrogen-bond donors (Lipinski definition) is 1. The average molecular weight is 341 g/mol. The number of benzene rings is 1. The van der Waals surface area contributed by atoms with Gasteiger partial charge in [0.1, 0.15) is 5.76 Å². The summed E-state index contributed by atoms with van der Waals surface area (Å²) in [5, 5.41) is 7.09. The second kappa shape index (κ2) is 6.80. The van der Waals surface area contributed by atoms with E-state index in [4.69, 9.17) is 9.26 Å². The Labute approximate surface area is 145 Å². The fourth-order valence-corrected chi connectivity index (χ4v) is 2.90. The van der Waals surface area contributed by atoms with E-state index in [0.717, 1.165) is 22.5 Å². The molecule has 1 aromatic heterocycles. The van der Waals surface area contributed by atoms with Gasteiger partial charge in [0.15, 0.2) is 5.82 Å². The molecule has 0 spiro atoms. The Bertz CT molecular complexity index is 852. The maximum atomic E-state index is 11.8. The van der Waals surface area contributed by atoms with Gasteiger partial charge < -0.3 is 19.3 Å². The van der Waals surface area contributed by atoms with Crippen LogP contribution in [0.2, 0.25) is 0 Å². The van der Waals surface area contributed by atoms with Gasteiger partial charge in [-0.15, -0.1) is 0 Å². The molecule has 0 saturated heterocycles. The molecule has 7 heteroatoms. The highest BCUT2D eigenvalue weighted by Gasteiger charge is 2.35. The molecule has 1 unspecified atom stereocenters. The summed E-state index contributed by atoms with van der Waals surface area (Å²) in [6.45, 7) is 5.51. The highest BCUT2D eigenvalue weighted by atomic mass is 16.7. The number of dihydropyridines is 1. The van der Waals surface area contributed by atoms with Gasteiger partial charge in [-0.2, -0.15) is 4.98 Å². The van der Waals surface area contributed by atoms with Gasteiger partial charge in [-0.05, 0) is 26.3 Å². The van der Waals surface area contributed by atoms with Crippen molar-refractivity contribution in [3.63, 3.8) is 0 Å². The van der Waals surface area contributed by atoms with Crippen LogP contribution in [-0.4, -0.2) is 23.4 Å². The van der Waals surface area contributed by atoms with Gasteiger partial charge in [0.25, 0.3) is 5.89 Å². The molecule has 0 saturated carbocycles. The van der Waals surface area contributed by atoms with E-state index in [1.54, 1.807) is 6.92 Å². The topological polar surface area (TPSA) is 86.5 Å². The number of nitrogens with zero attached hydrogens (tertiary/aromatic N) is 2. The molecule has 1 N–H and O–H groups in total. The quantitative estimate of drug-likeness (QED) is 0.855. The summed E-state index contributed by atoms with van der Waals surface area (Å²) in [6, 6.07) is 9.69. The minimum Gasteiger partial charge on any atom is -0.437 e. The van der Waals surface area contributed by atoms with Gasteiger partial charge in [0.05, 0.1) is 24.3 Å². The minimum atomic E-state index is -0.780. The molecule has 0 fully saturated rings. The van der Waals surface area contributed by atoms with E-state index < -0.39 is 6.16 Å². The molecule has 0 amide bonds. The molecule has 7 nitrogen and oxygen atoms in total. The largest absolute Gasteiger partial charge is 0.513 e. The van der Waals surface area contributed by atoms with Crippen LogP contribution in [0.5, 0.6) is 0 Å². The summed E-state index contributed by atoms with van der Waals surface area (Å²) in [4.78, 5) is 16.1. The number of aryl methyl sites for hydroxylation is 1. The maximum absolute atomic E-state index is 11.8. The first-order valence-corrected chi connectivity index (χ1v) is 7.81. The molecule has 0 bridgehead atoms. The number of methoxy groups -OCH3 is 1.